The molecule has 0 aromatic heterocycles. The molecule has 5 rings (SSSR count). The number of benzene rings is 2. The number of halogens is 4. The average Bonchev–Trinajstić information content (AvgIpc) is 3.57. The Kier molecular flexibility index (Phi) is 5.80. The number of rotatable bonds is 5. The molecule has 3 fully saturated rings. The van der Waals surface area contributed by atoms with E-state index in [0.29, 0.717) is 28.6 Å². The molecule has 0 radical (unpaired) electrons. The first-order chi connectivity index (χ1) is 15.3. The van der Waals surface area contributed by atoms with Crippen LogP contribution in [0.2, 0.25) is 0 Å². The number of ether oxygens (including phenoxy) is 1. The minimum absolute atomic E-state index is 0.101. The second-order valence-corrected chi connectivity index (χ2v) is 10.6. The summed E-state index contributed by atoms with van der Waals surface area (Å²) in [4.78, 5) is 12.7. The maximum absolute atomic E-state index is 15.1. The van der Waals surface area contributed by atoms with Crippen LogP contribution in [0.4, 0.5) is 13.2 Å². The standard InChI is InChI=1S/C23H22BrF3N2O2S/c24-15-8-9-18(25)16(10-15)22-12-31-19(23(26,27)14-6-7-14)17(22)11-32-21(29-22)28-20(30)13-4-2-1-3-5-13/h1-5,8-10,14,17,19,21,29H,6-7,11-12H2,(H,28,30)/t17-,19+,21?,22-/m1/s1. The van der Waals surface area contributed by atoms with E-state index in [1.54, 1.807) is 36.4 Å². The van der Waals surface area contributed by atoms with E-state index in [9.17, 15) is 4.79 Å². The van der Waals surface area contributed by atoms with E-state index in [0.717, 1.165) is 0 Å². The van der Waals surface area contributed by atoms with Crippen LogP contribution in [0.15, 0.2) is 53.0 Å². The summed E-state index contributed by atoms with van der Waals surface area (Å²) in [5, 5.41) is 6.19. The van der Waals surface area contributed by atoms with Crippen LogP contribution in [0.1, 0.15) is 28.8 Å². The maximum atomic E-state index is 15.1. The Bertz CT molecular complexity index is 1020. The van der Waals surface area contributed by atoms with Crippen molar-refractivity contribution < 1.29 is 22.7 Å². The third-order valence-electron chi connectivity index (χ3n) is 6.53. The lowest BCUT2D eigenvalue weighted by Gasteiger charge is -2.45. The van der Waals surface area contributed by atoms with E-state index in [1.807, 2.05) is 6.07 Å². The summed E-state index contributed by atoms with van der Waals surface area (Å²) in [6.45, 7) is -0.101. The van der Waals surface area contributed by atoms with Crippen LogP contribution in [0, 0.1) is 17.7 Å². The molecule has 2 aromatic rings. The van der Waals surface area contributed by atoms with E-state index in [4.69, 9.17) is 4.74 Å². The molecule has 9 heteroatoms. The first-order valence-electron chi connectivity index (χ1n) is 10.5. The minimum atomic E-state index is -2.97. The molecule has 4 atom stereocenters. The fourth-order valence-corrected chi connectivity index (χ4v) is 6.41. The molecular weight excluding hydrogens is 505 g/mol. The van der Waals surface area contributed by atoms with Crippen molar-refractivity contribution in [3.63, 3.8) is 0 Å². The lowest BCUT2D eigenvalue weighted by molar-refractivity contribution is -0.141. The van der Waals surface area contributed by atoms with Crippen molar-refractivity contribution in [2.24, 2.45) is 11.8 Å². The van der Waals surface area contributed by atoms with Gasteiger partial charge in [-0.1, -0.05) is 34.1 Å². The summed E-state index contributed by atoms with van der Waals surface area (Å²) in [7, 11) is 0. The Morgan fingerprint density at radius 1 is 1.22 bits per heavy atom. The molecule has 3 aliphatic rings. The van der Waals surface area contributed by atoms with Gasteiger partial charge in [0, 0.05) is 33.2 Å². The molecule has 2 aromatic carbocycles. The quantitative estimate of drug-likeness (QED) is 0.582. The predicted molar refractivity (Wildman–Crippen MR) is 120 cm³/mol. The Morgan fingerprint density at radius 2 is 1.97 bits per heavy atom. The topological polar surface area (TPSA) is 50.4 Å². The third kappa shape index (κ3) is 3.87. The Balaban J connectivity index is 1.47. The SMILES string of the molecule is O=C(NC1N[C@@]2(c3cc(Br)ccc3F)CO[C@H](C(F)(F)C3CC3)[C@H]2CS1)c1ccccc1. The smallest absolute Gasteiger partial charge is 0.276 e. The first kappa shape index (κ1) is 22.3. The molecule has 2 N–H and O–H groups in total. The van der Waals surface area contributed by atoms with Gasteiger partial charge in [-0.3, -0.25) is 10.1 Å². The van der Waals surface area contributed by atoms with Crippen molar-refractivity contribution in [2.45, 2.75) is 35.9 Å². The van der Waals surface area contributed by atoms with Gasteiger partial charge in [-0.2, -0.15) is 0 Å². The second kappa shape index (κ2) is 8.34. The molecule has 1 unspecified atom stereocenters. The average molecular weight is 527 g/mol. The molecule has 1 aliphatic carbocycles. The van der Waals surface area contributed by atoms with Crippen molar-refractivity contribution in [3.8, 4) is 0 Å². The van der Waals surface area contributed by atoms with Gasteiger partial charge in [0.05, 0.1) is 12.1 Å². The van der Waals surface area contributed by atoms with Gasteiger partial charge in [-0.05, 0) is 43.2 Å². The molecule has 2 aliphatic heterocycles. The Hall–Kier alpha value is -1.55. The van der Waals surface area contributed by atoms with Gasteiger partial charge in [-0.15, -0.1) is 11.8 Å². The summed E-state index contributed by atoms with van der Waals surface area (Å²) in [6, 6.07) is 13.2. The molecule has 170 valence electrons. The number of amides is 1. The number of nitrogens with one attached hydrogen (secondary N) is 2. The molecule has 1 saturated carbocycles. The van der Waals surface area contributed by atoms with E-state index in [-0.39, 0.29) is 18.1 Å². The van der Waals surface area contributed by atoms with E-state index < -0.39 is 40.7 Å². The van der Waals surface area contributed by atoms with Gasteiger partial charge in [0.15, 0.2) is 0 Å². The summed E-state index contributed by atoms with van der Waals surface area (Å²) < 4.78 is 51.7. The van der Waals surface area contributed by atoms with Crippen LogP contribution >= 0.6 is 27.7 Å². The van der Waals surface area contributed by atoms with Gasteiger partial charge in [0.25, 0.3) is 11.8 Å². The molecular formula is C23H22BrF3N2O2S. The zero-order chi connectivity index (χ0) is 22.5. The van der Waals surface area contributed by atoms with Crippen LogP contribution in [0.3, 0.4) is 0 Å². The lowest BCUT2D eigenvalue weighted by atomic mass is 9.76. The lowest BCUT2D eigenvalue weighted by Crippen LogP contribution is -2.62. The summed E-state index contributed by atoms with van der Waals surface area (Å²) in [5.74, 6) is -4.81. The summed E-state index contributed by atoms with van der Waals surface area (Å²) in [5.41, 5.74) is -1.02. The summed E-state index contributed by atoms with van der Waals surface area (Å²) >= 11 is 4.70. The highest BCUT2D eigenvalue weighted by Gasteiger charge is 2.65. The van der Waals surface area contributed by atoms with Crippen molar-refractivity contribution >= 4 is 33.6 Å². The number of alkyl halides is 2. The van der Waals surface area contributed by atoms with Crippen LogP contribution in [-0.4, -0.2) is 35.8 Å². The van der Waals surface area contributed by atoms with Crippen molar-refractivity contribution in [3.05, 3.63) is 69.9 Å². The molecule has 0 spiro atoms. The molecule has 0 bridgehead atoms. The van der Waals surface area contributed by atoms with Crippen LogP contribution in [0.5, 0.6) is 0 Å². The van der Waals surface area contributed by atoms with Crippen molar-refractivity contribution in [2.75, 3.05) is 12.4 Å². The van der Waals surface area contributed by atoms with Crippen molar-refractivity contribution in [1.29, 1.82) is 0 Å². The number of carbonyl (C=O) groups excluding carboxylic acids is 1. The molecule has 2 heterocycles. The van der Waals surface area contributed by atoms with Crippen LogP contribution in [0.25, 0.3) is 0 Å². The van der Waals surface area contributed by atoms with Gasteiger partial charge in [0.1, 0.15) is 17.4 Å². The predicted octanol–water partition coefficient (Wildman–Crippen LogP) is 4.89. The fourth-order valence-electron chi connectivity index (χ4n) is 4.70. The van der Waals surface area contributed by atoms with Crippen LogP contribution in [-0.2, 0) is 10.3 Å². The van der Waals surface area contributed by atoms with E-state index in [1.165, 1.54) is 17.8 Å². The number of carbonyl (C=O) groups is 1. The van der Waals surface area contributed by atoms with Gasteiger partial charge >= 0.3 is 0 Å². The van der Waals surface area contributed by atoms with Crippen LogP contribution < -0.4 is 10.6 Å². The highest BCUT2D eigenvalue weighted by atomic mass is 79.9. The van der Waals surface area contributed by atoms with Gasteiger partial charge < -0.3 is 10.1 Å². The molecule has 4 nitrogen and oxygen atoms in total. The number of thioether (sulfide) groups is 1. The highest BCUT2D eigenvalue weighted by molar-refractivity contribution is 9.10. The normalized spacial score (nSPS) is 30.1. The van der Waals surface area contributed by atoms with Gasteiger partial charge in [0.2, 0.25) is 0 Å². The monoisotopic (exact) mass is 526 g/mol. The zero-order valence-electron chi connectivity index (χ0n) is 17.0. The molecule has 2 saturated heterocycles. The fraction of sp³-hybridized carbons (Fsp3) is 0.435. The Labute approximate surface area is 196 Å². The van der Waals surface area contributed by atoms with E-state index >= 15 is 13.2 Å². The summed E-state index contributed by atoms with van der Waals surface area (Å²) in [6.07, 6.45) is -0.346. The first-order valence-corrected chi connectivity index (χ1v) is 12.4. The number of hydrogen-bond donors (Lipinski definition) is 2. The second-order valence-electron chi connectivity index (χ2n) is 8.58. The minimum Gasteiger partial charge on any atom is -0.369 e. The third-order valence-corrected chi connectivity index (χ3v) is 8.14. The zero-order valence-corrected chi connectivity index (χ0v) is 19.4. The maximum Gasteiger partial charge on any atom is 0.276 e. The highest BCUT2D eigenvalue weighted by Crippen LogP contribution is 2.55. The van der Waals surface area contributed by atoms with Crippen molar-refractivity contribution in [1.82, 2.24) is 10.6 Å². The largest absolute Gasteiger partial charge is 0.369 e. The number of fused-ring (bicyclic) bond motifs is 1. The molecule has 32 heavy (non-hydrogen) atoms. The molecule has 1 amide bonds. The number of hydrogen-bond acceptors (Lipinski definition) is 4. The Morgan fingerprint density at radius 3 is 2.69 bits per heavy atom. The van der Waals surface area contributed by atoms with Gasteiger partial charge in [-0.25, -0.2) is 13.2 Å². The van der Waals surface area contributed by atoms with E-state index in [2.05, 4.69) is 26.6 Å².